The van der Waals surface area contributed by atoms with Crippen LogP contribution in [0.5, 0.6) is 11.5 Å². The van der Waals surface area contributed by atoms with Crippen molar-refractivity contribution in [3.8, 4) is 11.5 Å². The molecule has 25 nitrogen and oxygen atoms in total. The van der Waals surface area contributed by atoms with Crippen molar-refractivity contribution in [2.24, 2.45) is 20.5 Å². The van der Waals surface area contributed by atoms with E-state index in [9.17, 15) is 40.0 Å². The molecule has 0 saturated heterocycles. The first-order chi connectivity index (χ1) is 26.4. The maximum atomic E-state index is 12.1. The van der Waals surface area contributed by atoms with Gasteiger partial charge in [0.2, 0.25) is 20.8 Å². The van der Waals surface area contributed by atoms with E-state index < -0.39 is 78.6 Å². The van der Waals surface area contributed by atoms with Crippen LogP contribution in [0.25, 0.3) is 10.8 Å². The van der Waals surface area contributed by atoms with Gasteiger partial charge in [-0.3, -0.25) is 9.11 Å². The molecule has 1 radical (unpaired) electrons. The van der Waals surface area contributed by atoms with Crippen LogP contribution >= 0.6 is 0 Å². The van der Waals surface area contributed by atoms with Crippen LogP contribution in [0.2, 0.25) is 0 Å². The number of nitrogens with one attached hydrogen (secondary N) is 1. The van der Waals surface area contributed by atoms with Gasteiger partial charge in [-0.05, 0) is 48.5 Å². The molecule has 0 amide bonds. The number of anilines is 1. The van der Waals surface area contributed by atoms with Gasteiger partial charge in [0.1, 0.15) is 27.4 Å². The van der Waals surface area contributed by atoms with Gasteiger partial charge in [-0.2, -0.15) is 27.5 Å². The molecule has 0 spiro atoms. The number of hydrogen-bond acceptors (Lipinski definition) is 23. The number of aromatic hydroxyl groups is 2. The molecular formula is C27H25CuN5Na4O20S6-2. The zero-order chi connectivity index (χ0) is 44.9. The van der Waals surface area contributed by atoms with Gasteiger partial charge in [0, 0.05) is 28.5 Å². The van der Waals surface area contributed by atoms with Crippen molar-refractivity contribution in [2.45, 2.75) is 9.79 Å². The number of phenolic OH excluding ortho intramolecular Hbond substituents is 2. The Bertz CT molecular complexity index is 2830. The number of nitrogens with zero attached hydrogens (tertiary/aromatic N) is 4. The summed E-state index contributed by atoms with van der Waals surface area (Å²) in [5.41, 5.74) is -0.106. The molecular weight excluding hydrogens is 1060 g/mol. The number of fused-ring (bicyclic) bond motifs is 1. The van der Waals surface area contributed by atoms with Gasteiger partial charge < -0.3 is 43.0 Å². The third kappa shape index (κ3) is 29.0. The fourth-order valence-corrected chi connectivity index (χ4v) is 5.66. The SMILES string of the molecule is O=S(=O)([O-])O.O=S(=O)([O-])O.O=S(=O)=O.[CH2-]CS(=O)(=O)c1ccc(N=Nc2c(NCS(=O)(=O)[O-])ccc3c(O)c(N=Nc4cc(S(=O)(=O)C[CH2-])ccc4O)[c-]cc23)cc1.[Cu].[Na+].[Na+].[Na+].[Na+]. The largest absolute Gasteiger partial charge is 1.00 e. The molecule has 0 saturated carbocycles. The molecule has 331 valence electrons. The molecule has 0 unspecified atom stereocenters. The van der Waals surface area contributed by atoms with Crippen molar-refractivity contribution in [3.63, 3.8) is 0 Å². The maximum absolute atomic E-state index is 12.1. The molecule has 4 aromatic rings. The zero-order valence-electron chi connectivity index (χ0n) is 32.7. The van der Waals surface area contributed by atoms with Crippen LogP contribution in [-0.2, 0) is 78.3 Å². The number of sulfone groups is 2. The van der Waals surface area contributed by atoms with E-state index in [-0.39, 0.29) is 196 Å². The Morgan fingerprint density at radius 1 is 0.651 bits per heavy atom. The van der Waals surface area contributed by atoms with E-state index in [4.69, 9.17) is 47.7 Å². The van der Waals surface area contributed by atoms with Crippen LogP contribution in [0.3, 0.4) is 0 Å². The van der Waals surface area contributed by atoms with Crippen LogP contribution in [-0.4, -0.2) is 105 Å². The number of rotatable bonds is 11. The van der Waals surface area contributed by atoms with E-state index >= 15 is 0 Å². The normalized spacial score (nSPS) is 11.2. The fraction of sp³-hybridized carbons (Fsp3) is 0.111. The number of hydrogen-bond donors (Lipinski definition) is 5. The van der Waals surface area contributed by atoms with Crippen molar-refractivity contribution in [1.82, 2.24) is 0 Å². The monoisotopic (exact) mass is 1090 g/mol. The molecule has 0 aliphatic heterocycles. The first-order valence-electron chi connectivity index (χ1n) is 14.2. The molecule has 36 heteroatoms. The summed E-state index contributed by atoms with van der Waals surface area (Å²) in [6, 6.07) is 15.6. The molecule has 63 heavy (non-hydrogen) atoms. The predicted molar refractivity (Wildman–Crippen MR) is 195 cm³/mol. The molecule has 0 heterocycles. The van der Waals surface area contributed by atoms with Crippen LogP contribution in [0.1, 0.15) is 0 Å². The second-order valence-electron chi connectivity index (χ2n) is 10.0. The summed E-state index contributed by atoms with van der Waals surface area (Å²) >= 11 is 0. The standard InChI is InChI=1S/C27H24N5O9S3.Cu.4Na.2H2O4S.O3S/c1-3-42(35,36)18-7-5-17(6-8-18)29-32-26-20-10-13-23(27(34)21(20)11-12-22(26)28-16-44(39,40)41)30-31-24-15-19(9-14-25(24)33)43(37,38)4-2;;;;;;2*1-5(2,3)4;1-4(2)3/h5-12,14-15,28,33-34H,1-4,16H2,(H,39,40,41);;;;;;2*(H2,1,2,3,4);/q-3;;4*+1;;;/p-3. The Kier molecular flexibility index (Phi) is 35.7. The molecule has 0 fully saturated rings. The van der Waals surface area contributed by atoms with Crippen molar-refractivity contribution < 1.29 is 223 Å². The minimum atomic E-state index is -4.92. The van der Waals surface area contributed by atoms with Crippen LogP contribution in [0, 0.1) is 19.9 Å². The van der Waals surface area contributed by atoms with Crippen molar-refractivity contribution in [3.05, 3.63) is 80.6 Å². The molecule has 0 aliphatic carbocycles. The molecule has 4 rings (SSSR count). The van der Waals surface area contributed by atoms with Crippen LogP contribution in [0.4, 0.5) is 28.4 Å². The topological polar surface area (TPSA) is 433 Å². The average molecular weight is 1090 g/mol. The Morgan fingerprint density at radius 2 is 1.10 bits per heavy atom. The molecule has 0 bridgehead atoms. The van der Waals surface area contributed by atoms with E-state index in [1.807, 2.05) is 0 Å². The van der Waals surface area contributed by atoms with Gasteiger partial charge in [0.25, 0.3) is 0 Å². The molecule has 4 aromatic carbocycles. The van der Waals surface area contributed by atoms with Gasteiger partial charge in [-0.15, -0.1) is 17.7 Å². The quantitative estimate of drug-likeness (QED) is 0.0306. The van der Waals surface area contributed by atoms with Crippen LogP contribution < -0.4 is 124 Å². The van der Waals surface area contributed by atoms with E-state index in [0.717, 1.165) is 12.1 Å². The van der Waals surface area contributed by atoms with E-state index in [0.29, 0.717) is 0 Å². The van der Waals surface area contributed by atoms with E-state index in [2.05, 4.69) is 45.7 Å². The van der Waals surface area contributed by atoms with Crippen molar-refractivity contribution in [1.29, 1.82) is 0 Å². The third-order valence-corrected chi connectivity index (χ3v) is 9.59. The summed E-state index contributed by atoms with van der Waals surface area (Å²) in [5, 5.41) is 39.9. The summed E-state index contributed by atoms with van der Waals surface area (Å²) in [4.78, 5) is -0.107. The molecule has 5 N–H and O–H groups in total. The van der Waals surface area contributed by atoms with E-state index in [1.54, 1.807) is 0 Å². The zero-order valence-corrected chi connectivity index (χ0v) is 46.5. The van der Waals surface area contributed by atoms with Gasteiger partial charge in [0.15, 0.2) is 19.7 Å². The Labute approximate surface area is 461 Å². The second-order valence-corrected chi connectivity index (χ2v) is 17.8. The van der Waals surface area contributed by atoms with E-state index in [1.165, 1.54) is 48.5 Å². The minimum absolute atomic E-state index is 0. The van der Waals surface area contributed by atoms with Gasteiger partial charge in [-0.1, -0.05) is 28.3 Å². The molecule has 0 atom stereocenters. The van der Waals surface area contributed by atoms with Gasteiger partial charge in [0.05, 0.1) is 26.9 Å². The Morgan fingerprint density at radius 3 is 1.54 bits per heavy atom. The van der Waals surface area contributed by atoms with Crippen molar-refractivity contribution in [2.75, 3.05) is 22.7 Å². The third-order valence-electron chi connectivity index (χ3n) is 6.05. The Hall–Kier alpha value is -0.571. The first kappa shape index (κ1) is 71.4. The second kappa shape index (κ2) is 31.5. The summed E-state index contributed by atoms with van der Waals surface area (Å²) < 4.78 is 173. The van der Waals surface area contributed by atoms with Crippen molar-refractivity contribution >= 4 is 100 Å². The summed E-state index contributed by atoms with van der Waals surface area (Å²) in [6.07, 6.45) is 0. The minimum Gasteiger partial charge on any atom is -0.747 e. The summed E-state index contributed by atoms with van der Waals surface area (Å²) in [5.74, 6) is -2.56. The molecule has 0 aromatic heterocycles. The van der Waals surface area contributed by atoms with Gasteiger partial charge >= 0.3 is 129 Å². The smallest absolute Gasteiger partial charge is 0.747 e. The number of benzene rings is 4. The molecule has 0 aliphatic rings. The number of phenols is 2. The first-order valence-corrected chi connectivity index (χ1v) is 22.8. The average Bonchev–Trinajstić information content (AvgIpc) is 3.08. The fourth-order valence-electron chi connectivity index (χ4n) is 3.73. The summed E-state index contributed by atoms with van der Waals surface area (Å²) in [7, 11) is -24.9. The predicted octanol–water partition coefficient (Wildman–Crippen LogP) is -9.97. The van der Waals surface area contributed by atoms with Crippen LogP contribution in [0.15, 0.2) is 90.9 Å². The Balaban J connectivity index is -0.000000515. The van der Waals surface area contributed by atoms with Gasteiger partial charge in [-0.25, -0.2) is 42.1 Å². The maximum Gasteiger partial charge on any atom is 1.00 e. The number of azo groups is 2. The summed E-state index contributed by atoms with van der Waals surface area (Å²) in [6.45, 7) is 6.76.